The van der Waals surface area contributed by atoms with Crippen molar-refractivity contribution in [2.75, 3.05) is 26.0 Å². The quantitative estimate of drug-likeness (QED) is 0.877. The van der Waals surface area contributed by atoms with Gasteiger partial charge < -0.3 is 9.64 Å². The molecule has 1 N–H and O–H groups in total. The first kappa shape index (κ1) is 15.7. The Kier molecular flexibility index (Phi) is 4.73. The van der Waals surface area contributed by atoms with Gasteiger partial charge in [0.05, 0.1) is 12.8 Å². The van der Waals surface area contributed by atoms with E-state index in [2.05, 4.69) is 22.2 Å². The zero-order valence-corrected chi connectivity index (χ0v) is 14.0. The van der Waals surface area contributed by atoms with Gasteiger partial charge in [-0.1, -0.05) is 12.1 Å². The molecule has 23 heavy (non-hydrogen) atoms. The Balaban J connectivity index is 1.61. The number of ether oxygens (including phenoxy) is 1. The van der Waals surface area contributed by atoms with Gasteiger partial charge in [-0.25, -0.2) is 4.98 Å². The Hall–Kier alpha value is -2.18. The summed E-state index contributed by atoms with van der Waals surface area (Å²) in [5.41, 5.74) is 2.06. The molecule has 5 nitrogen and oxygen atoms in total. The van der Waals surface area contributed by atoms with Gasteiger partial charge in [0.2, 0.25) is 5.91 Å². The normalized spacial score (nSPS) is 14.7. The van der Waals surface area contributed by atoms with Crippen LogP contribution in [0.15, 0.2) is 30.3 Å². The summed E-state index contributed by atoms with van der Waals surface area (Å²) >= 11 is 1.56. The van der Waals surface area contributed by atoms with Crippen molar-refractivity contribution in [3.05, 3.63) is 46.5 Å². The summed E-state index contributed by atoms with van der Waals surface area (Å²) in [6.07, 6.45) is 4.24. The minimum absolute atomic E-state index is 0.166. The summed E-state index contributed by atoms with van der Waals surface area (Å²) in [6.45, 7) is 1.92. The highest BCUT2D eigenvalue weighted by Crippen LogP contribution is 2.27. The zero-order valence-electron chi connectivity index (χ0n) is 13.2. The summed E-state index contributed by atoms with van der Waals surface area (Å²) < 4.78 is 5.11. The lowest BCUT2D eigenvalue weighted by Crippen LogP contribution is -2.25. The molecular weight excluding hydrogens is 310 g/mol. The third-order valence-electron chi connectivity index (χ3n) is 3.70. The summed E-state index contributed by atoms with van der Waals surface area (Å²) in [4.78, 5) is 20.0. The molecule has 1 aromatic carbocycles. The van der Waals surface area contributed by atoms with Gasteiger partial charge in [0.1, 0.15) is 5.75 Å². The molecule has 1 aromatic heterocycles. The minimum atomic E-state index is -0.166. The van der Waals surface area contributed by atoms with E-state index in [0.717, 1.165) is 36.5 Å². The number of nitrogens with zero attached hydrogens (tertiary/aromatic N) is 2. The first-order chi connectivity index (χ1) is 11.1. The monoisotopic (exact) mass is 329 g/mol. The largest absolute Gasteiger partial charge is 0.497 e. The van der Waals surface area contributed by atoms with Crippen molar-refractivity contribution < 1.29 is 9.53 Å². The molecule has 0 atom stereocenters. The number of benzene rings is 1. The van der Waals surface area contributed by atoms with Crippen molar-refractivity contribution in [3.63, 3.8) is 0 Å². The van der Waals surface area contributed by atoms with Crippen molar-refractivity contribution in [1.82, 2.24) is 9.88 Å². The maximum Gasteiger partial charge on any atom is 0.250 e. The molecule has 6 heteroatoms. The first-order valence-corrected chi connectivity index (χ1v) is 8.26. The van der Waals surface area contributed by atoms with Gasteiger partial charge in [-0.2, -0.15) is 0 Å². The maximum absolute atomic E-state index is 12.0. The van der Waals surface area contributed by atoms with Crippen molar-refractivity contribution >= 4 is 28.5 Å². The van der Waals surface area contributed by atoms with E-state index in [1.165, 1.54) is 11.0 Å². The molecule has 0 bridgehead atoms. The lowest BCUT2D eigenvalue weighted by molar-refractivity contribution is -0.111. The van der Waals surface area contributed by atoms with Crippen LogP contribution in [0.25, 0.3) is 6.08 Å². The van der Waals surface area contributed by atoms with E-state index >= 15 is 0 Å². The zero-order chi connectivity index (χ0) is 16.2. The smallest absolute Gasteiger partial charge is 0.250 e. The lowest BCUT2D eigenvalue weighted by atomic mass is 10.2. The standard InChI is InChI=1S/C17H19N3O2S/c1-20-10-9-14-15(11-20)23-17(18-14)19-16(21)8-5-12-3-6-13(22-2)7-4-12/h3-8H,9-11H2,1-2H3,(H,18,19,21)/b8-5+. The minimum Gasteiger partial charge on any atom is -0.497 e. The second-order valence-electron chi connectivity index (χ2n) is 5.47. The molecule has 1 amide bonds. The van der Waals surface area contributed by atoms with Crippen LogP contribution in [0.1, 0.15) is 16.1 Å². The molecule has 2 aromatic rings. The Morgan fingerprint density at radius 2 is 2.17 bits per heavy atom. The molecule has 2 heterocycles. The number of aromatic nitrogens is 1. The first-order valence-electron chi connectivity index (χ1n) is 7.44. The van der Waals surface area contributed by atoms with Crippen LogP contribution in [0.4, 0.5) is 5.13 Å². The third kappa shape index (κ3) is 3.97. The second kappa shape index (κ2) is 6.93. The number of nitrogens with one attached hydrogen (secondary N) is 1. The van der Waals surface area contributed by atoms with Crippen LogP contribution in [0.5, 0.6) is 5.75 Å². The summed E-state index contributed by atoms with van der Waals surface area (Å²) in [5, 5.41) is 3.52. The van der Waals surface area contributed by atoms with E-state index in [1.54, 1.807) is 24.5 Å². The number of carbonyl (C=O) groups is 1. The molecule has 0 saturated carbocycles. The fraction of sp³-hybridized carbons (Fsp3) is 0.294. The number of anilines is 1. The summed E-state index contributed by atoms with van der Waals surface area (Å²) in [5.74, 6) is 0.630. The van der Waals surface area contributed by atoms with E-state index in [-0.39, 0.29) is 5.91 Å². The molecule has 0 unspecified atom stereocenters. The van der Waals surface area contributed by atoms with Crippen molar-refractivity contribution in [2.24, 2.45) is 0 Å². The highest BCUT2D eigenvalue weighted by molar-refractivity contribution is 7.15. The number of hydrogen-bond acceptors (Lipinski definition) is 5. The third-order valence-corrected chi connectivity index (χ3v) is 4.69. The summed E-state index contributed by atoms with van der Waals surface area (Å²) in [6, 6.07) is 7.53. The van der Waals surface area contributed by atoms with E-state index in [0.29, 0.717) is 5.13 Å². The fourth-order valence-electron chi connectivity index (χ4n) is 2.41. The Morgan fingerprint density at radius 3 is 2.91 bits per heavy atom. The molecule has 0 saturated heterocycles. The van der Waals surface area contributed by atoms with Crippen LogP contribution in [-0.4, -0.2) is 36.5 Å². The van der Waals surface area contributed by atoms with Gasteiger partial charge in [0.15, 0.2) is 5.13 Å². The number of fused-ring (bicyclic) bond motifs is 1. The number of amides is 1. The number of carbonyl (C=O) groups excluding carboxylic acids is 1. The average molecular weight is 329 g/mol. The van der Waals surface area contributed by atoms with E-state index in [1.807, 2.05) is 24.3 Å². The number of rotatable bonds is 4. The molecular formula is C17H19N3O2S. The van der Waals surface area contributed by atoms with Crippen molar-refractivity contribution in [1.29, 1.82) is 0 Å². The van der Waals surface area contributed by atoms with Crippen LogP contribution >= 0.6 is 11.3 Å². The van der Waals surface area contributed by atoms with Gasteiger partial charge in [0.25, 0.3) is 0 Å². The number of hydrogen-bond donors (Lipinski definition) is 1. The van der Waals surface area contributed by atoms with Crippen molar-refractivity contribution in [2.45, 2.75) is 13.0 Å². The van der Waals surface area contributed by atoms with Gasteiger partial charge in [-0.05, 0) is 30.8 Å². The van der Waals surface area contributed by atoms with Gasteiger partial charge in [0, 0.05) is 30.5 Å². The molecule has 1 aliphatic heterocycles. The number of thiazole rings is 1. The van der Waals surface area contributed by atoms with Crippen LogP contribution in [0.3, 0.4) is 0 Å². The molecule has 0 fully saturated rings. The highest BCUT2D eigenvalue weighted by Gasteiger charge is 2.18. The lowest BCUT2D eigenvalue weighted by Gasteiger charge is -2.20. The van der Waals surface area contributed by atoms with Crippen molar-refractivity contribution in [3.8, 4) is 5.75 Å². The van der Waals surface area contributed by atoms with Gasteiger partial charge in [-0.15, -0.1) is 11.3 Å². The number of likely N-dealkylation sites (N-methyl/N-ethyl adjacent to an activating group) is 1. The average Bonchev–Trinajstić information content (AvgIpc) is 2.94. The van der Waals surface area contributed by atoms with Crippen LogP contribution in [0.2, 0.25) is 0 Å². The fourth-order valence-corrected chi connectivity index (χ4v) is 3.50. The Morgan fingerprint density at radius 1 is 1.39 bits per heavy atom. The van der Waals surface area contributed by atoms with Gasteiger partial charge >= 0.3 is 0 Å². The summed E-state index contributed by atoms with van der Waals surface area (Å²) in [7, 11) is 3.72. The maximum atomic E-state index is 12.0. The van der Waals surface area contributed by atoms with E-state index in [9.17, 15) is 4.79 Å². The topological polar surface area (TPSA) is 54.5 Å². The van der Waals surface area contributed by atoms with Gasteiger partial charge in [-0.3, -0.25) is 10.1 Å². The van der Waals surface area contributed by atoms with E-state index in [4.69, 9.17) is 4.74 Å². The molecule has 120 valence electrons. The molecule has 3 rings (SSSR count). The molecule has 1 aliphatic rings. The molecule has 0 spiro atoms. The van der Waals surface area contributed by atoms with Crippen LogP contribution < -0.4 is 10.1 Å². The Bertz CT molecular complexity index is 722. The number of methoxy groups -OCH3 is 1. The van der Waals surface area contributed by atoms with E-state index < -0.39 is 0 Å². The highest BCUT2D eigenvalue weighted by atomic mass is 32.1. The predicted octanol–water partition coefficient (Wildman–Crippen LogP) is 2.79. The van der Waals surface area contributed by atoms with Crippen LogP contribution in [-0.2, 0) is 17.8 Å². The SMILES string of the molecule is COc1ccc(/C=C/C(=O)Nc2nc3c(s2)CN(C)CC3)cc1. The van der Waals surface area contributed by atoms with Crippen LogP contribution in [0, 0.1) is 0 Å². The Labute approximate surface area is 139 Å². The molecule has 0 radical (unpaired) electrons. The molecule has 0 aliphatic carbocycles. The predicted molar refractivity (Wildman–Crippen MR) is 92.8 cm³/mol. The second-order valence-corrected chi connectivity index (χ2v) is 6.56.